The van der Waals surface area contributed by atoms with E-state index in [1.165, 1.54) is 61.9 Å². The first-order chi connectivity index (χ1) is 16.2. The summed E-state index contributed by atoms with van der Waals surface area (Å²) in [5.74, 6) is 0.671. The first kappa shape index (κ1) is 22.2. The molecule has 0 atom stereocenters. The number of rotatable bonds is 3. The van der Waals surface area contributed by atoms with E-state index in [0.717, 1.165) is 12.1 Å². The van der Waals surface area contributed by atoms with Gasteiger partial charge >= 0.3 is 0 Å². The highest BCUT2D eigenvalue weighted by Gasteiger charge is 2.22. The monoisotopic (exact) mass is 499 g/mol. The highest BCUT2D eigenvalue weighted by molar-refractivity contribution is 7.31. The first-order valence-corrected chi connectivity index (χ1v) is 14.5. The van der Waals surface area contributed by atoms with Crippen LogP contribution in [0.25, 0.3) is 51.6 Å². The zero-order valence-corrected chi connectivity index (χ0v) is 23.0. The van der Waals surface area contributed by atoms with Crippen LogP contribution in [-0.2, 0) is 11.8 Å². The molecule has 0 saturated carbocycles. The van der Waals surface area contributed by atoms with Crippen molar-refractivity contribution in [2.75, 3.05) is 0 Å². The topological polar surface area (TPSA) is 12.9 Å². The Kier molecular flexibility index (Phi) is 5.14. The van der Waals surface area contributed by atoms with Crippen LogP contribution in [0.1, 0.15) is 50.6 Å². The van der Waals surface area contributed by atoms with Crippen LogP contribution in [0.15, 0.2) is 48.0 Å². The van der Waals surface area contributed by atoms with Gasteiger partial charge in [0.1, 0.15) is 0 Å². The SMILES string of the molecule is Cc1c(CC(C)C)sc2c1ccc1c3ccnc(-c4cc(C(C)(C)C)c5sccc5c4)c3sc12. The number of fused-ring (bicyclic) bond motifs is 6. The summed E-state index contributed by atoms with van der Waals surface area (Å²) in [4.78, 5) is 6.48. The molecule has 0 amide bonds. The van der Waals surface area contributed by atoms with Crippen molar-refractivity contribution in [2.45, 2.75) is 53.4 Å². The summed E-state index contributed by atoms with van der Waals surface area (Å²) in [6, 6.07) is 13.8. The lowest BCUT2D eigenvalue weighted by Crippen LogP contribution is -2.11. The fourth-order valence-corrected chi connectivity index (χ4v) is 9.10. The van der Waals surface area contributed by atoms with Gasteiger partial charge in [-0.2, -0.15) is 0 Å². The Balaban J connectivity index is 1.64. The van der Waals surface area contributed by atoms with Gasteiger partial charge in [0.05, 0.1) is 19.8 Å². The molecule has 172 valence electrons. The predicted molar refractivity (Wildman–Crippen MR) is 155 cm³/mol. The van der Waals surface area contributed by atoms with Crippen molar-refractivity contribution in [3.05, 3.63) is 64.0 Å². The number of thiophene rings is 3. The molecule has 0 saturated heterocycles. The van der Waals surface area contributed by atoms with Crippen LogP contribution in [0, 0.1) is 12.8 Å². The van der Waals surface area contributed by atoms with Crippen molar-refractivity contribution in [3.63, 3.8) is 0 Å². The quantitative estimate of drug-likeness (QED) is 0.236. The van der Waals surface area contributed by atoms with Crippen LogP contribution in [-0.4, -0.2) is 4.98 Å². The second-order valence-electron chi connectivity index (χ2n) is 10.8. The molecule has 6 rings (SSSR count). The van der Waals surface area contributed by atoms with Crippen molar-refractivity contribution in [1.29, 1.82) is 0 Å². The summed E-state index contributed by atoms with van der Waals surface area (Å²) in [5.41, 5.74) is 5.29. The second-order valence-corrected chi connectivity index (χ2v) is 13.9. The van der Waals surface area contributed by atoms with Crippen LogP contribution in [0.2, 0.25) is 0 Å². The van der Waals surface area contributed by atoms with E-state index in [1.807, 2.05) is 40.2 Å². The highest BCUT2D eigenvalue weighted by atomic mass is 32.1. The fraction of sp³-hybridized carbons (Fsp3) is 0.300. The van der Waals surface area contributed by atoms with Gasteiger partial charge in [0.25, 0.3) is 0 Å². The number of benzene rings is 2. The second kappa shape index (κ2) is 7.87. The van der Waals surface area contributed by atoms with E-state index >= 15 is 0 Å². The molecule has 6 aromatic rings. The molecule has 0 spiro atoms. The molecule has 0 aliphatic carbocycles. The molecule has 34 heavy (non-hydrogen) atoms. The number of hydrogen-bond acceptors (Lipinski definition) is 4. The molecule has 0 N–H and O–H groups in total. The number of hydrogen-bond donors (Lipinski definition) is 0. The normalized spacial score (nSPS) is 12.8. The van der Waals surface area contributed by atoms with Gasteiger partial charge in [-0.1, -0.05) is 46.8 Å². The molecular formula is C30H29NS3. The minimum atomic E-state index is 0.0840. The van der Waals surface area contributed by atoms with Crippen LogP contribution in [0.5, 0.6) is 0 Å². The molecule has 0 unspecified atom stereocenters. The molecule has 0 radical (unpaired) electrons. The van der Waals surface area contributed by atoms with Gasteiger partial charge < -0.3 is 0 Å². The molecule has 0 bridgehead atoms. The third-order valence-corrected chi connectivity index (χ3v) is 10.5. The molecule has 4 heteroatoms. The van der Waals surface area contributed by atoms with Crippen molar-refractivity contribution >= 4 is 74.4 Å². The Morgan fingerprint density at radius 2 is 1.59 bits per heavy atom. The lowest BCUT2D eigenvalue weighted by Gasteiger charge is -2.21. The van der Waals surface area contributed by atoms with E-state index in [2.05, 4.69) is 83.3 Å². The van der Waals surface area contributed by atoms with Crippen LogP contribution < -0.4 is 0 Å². The average molecular weight is 500 g/mol. The fourth-order valence-electron chi connectivity index (χ4n) is 5.04. The number of pyridine rings is 1. The third-order valence-electron chi connectivity index (χ3n) is 6.78. The summed E-state index contributed by atoms with van der Waals surface area (Å²) in [6.45, 7) is 13.8. The molecule has 0 fully saturated rings. The average Bonchev–Trinajstić information content (AvgIpc) is 3.48. The maximum Gasteiger partial charge on any atom is 0.0880 e. The largest absolute Gasteiger partial charge is 0.255 e. The van der Waals surface area contributed by atoms with Crippen LogP contribution >= 0.6 is 34.0 Å². The van der Waals surface area contributed by atoms with Gasteiger partial charge in [-0.3, -0.25) is 4.98 Å². The number of aryl methyl sites for hydroxylation is 1. The zero-order valence-electron chi connectivity index (χ0n) is 20.6. The molecule has 4 aromatic heterocycles. The smallest absolute Gasteiger partial charge is 0.0880 e. The van der Waals surface area contributed by atoms with Gasteiger partial charge in [0.15, 0.2) is 0 Å². The van der Waals surface area contributed by atoms with E-state index in [-0.39, 0.29) is 5.41 Å². The van der Waals surface area contributed by atoms with Gasteiger partial charge in [-0.15, -0.1) is 34.0 Å². The first-order valence-electron chi connectivity index (χ1n) is 12.0. The van der Waals surface area contributed by atoms with Gasteiger partial charge in [0.2, 0.25) is 0 Å². The highest BCUT2D eigenvalue weighted by Crippen LogP contribution is 2.46. The lowest BCUT2D eigenvalue weighted by molar-refractivity contribution is 0.597. The Bertz CT molecular complexity index is 1700. The molecule has 1 nitrogen and oxygen atoms in total. The zero-order chi connectivity index (χ0) is 23.8. The minimum Gasteiger partial charge on any atom is -0.255 e. The Morgan fingerprint density at radius 1 is 0.853 bits per heavy atom. The van der Waals surface area contributed by atoms with E-state index in [9.17, 15) is 0 Å². The molecule has 4 heterocycles. The van der Waals surface area contributed by atoms with E-state index in [4.69, 9.17) is 4.98 Å². The summed E-state index contributed by atoms with van der Waals surface area (Å²) in [7, 11) is 0. The van der Waals surface area contributed by atoms with Crippen LogP contribution in [0.4, 0.5) is 0 Å². The van der Waals surface area contributed by atoms with Crippen molar-refractivity contribution in [3.8, 4) is 11.3 Å². The van der Waals surface area contributed by atoms with Gasteiger partial charge in [-0.25, -0.2) is 0 Å². The Labute approximate surface area is 213 Å². The number of nitrogens with zero attached hydrogens (tertiary/aromatic N) is 1. The van der Waals surface area contributed by atoms with Crippen LogP contribution in [0.3, 0.4) is 0 Å². The summed E-state index contributed by atoms with van der Waals surface area (Å²) >= 11 is 5.77. The van der Waals surface area contributed by atoms with E-state index < -0.39 is 0 Å². The Morgan fingerprint density at radius 3 is 2.35 bits per heavy atom. The molecular weight excluding hydrogens is 471 g/mol. The minimum absolute atomic E-state index is 0.0840. The van der Waals surface area contributed by atoms with Gasteiger partial charge in [-0.05, 0) is 76.2 Å². The summed E-state index contributed by atoms with van der Waals surface area (Å²) in [5, 5.41) is 7.64. The van der Waals surface area contributed by atoms with E-state index in [0.29, 0.717) is 5.92 Å². The number of aromatic nitrogens is 1. The lowest BCUT2D eigenvalue weighted by atomic mass is 9.85. The third kappa shape index (κ3) is 3.42. The van der Waals surface area contributed by atoms with Crippen molar-refractivity contribution < 1.29 is 0 Å². The van der Waals surface area contributed by atoms with Crippen molar-refractivity contribution in [1.82, 2.24) is 4.98 Å². The Hall–Kier alpha value is -2.27. The molecule has 2 aromatic carbocycles. The van der Waals surface area contributed by atoms with Gasteiger partial charge in [0, 0.05) is 32.1 Å². The predicted octanol–water partition coefficient (Wildman–Crippen LogP) is 10.4. The maximum absolute atomic E-state index is 4.95. The summed E-state index contributed by atoms with van der Waals surface area (Å²) in [6.07, 6.45) is 3.15. The van der Waals surface area contributed by atoms with Crippen molar-refractivity contribution in [2.24, 2.45) is 5.92 Å². The summed E-state index contributed by atoms with van der Waals surface area (Å²) < 4.78 is 5.56. The molecule has 0 aliphatic rings. The standard InChI is InChI=1S/C30H29NS3/c1-16(2)13-24-17(3)20-7-8-21-22-9-11-31-25(27(22)34-29(21)28(20)33-24)19-14-18-10-12-32-26(18)23(15-19)30(4,5)6/h7-12,14-16H,13H2,1-6H3. The van der Waals surface area contributed by atoms with E-state index in [1.54, 1.807) is 0 Å². The maximum atomic E-state index is 4.95. The molecule has 0 aliphatic heterocycles.